The molecule has 1 heterocycles. The summed E-state index contributed by atoms with van der Waals surface area (Å²) >= 11 is 6.17. The lowest BCUT2D eigenvalue weighted by molar-refractivity contribution is -0.137. The molecule has 3 aromatic carbocycles. The first-order chi connectivity index (χ1) is 17.4. The fourth-order valence-electron chi connectivity index (χ4n) is 4.14. The van der Waals surface area contributed by atoms with E-state index in [9.17, 15) is 26.0 Å². The van der Waals surface area contributed by atoms with Gasteiger partial charge in [-0.2, -0.15) is 13.2 Å². The number of hydrogen-bond acceptors (Lipinski definition) is 4. The zero-order valence-electron chi connectivity index (χ0n) is 20.0. The van der Waals surface area contributed by atoms with Crippen molar-refractivity contribution in [1.29, 1.82) is 0 Å². The van der Waals surface area contributed by atoms with Crippen LogP contribution in [0.5, 0.6) is 5.75 Å². The van der Waals surface area contributed by atoms with Crippen LogP contribution in [-0.2, 0) is 16.2 Å². The predicted octanol–water partition coefficient (Wildman–Crippen LogP) is 6.79. The van der Waals surface area contributed by atoms with Crippen molar-refractivity contribution in [3.05, 3.63) is 88.2 Å². The molecular formula is C26H24Cl2F4N2O3S. The molecule has 2 N–H and O–H groups in total. The summed E-state index contributed by atoms with van der Waals surface area (Å²) in [4.78, 5) is -0.503. The second-order valence-electron chi connectivity index (χ2n) is 8.53. The first-order valence-electron chi connectivity index (χ1n) is 11.3. The van der Waals surface area contributed by atoms with Crippen molar-refractivity contribution in [2.24, 2.45) is 5.73 Å². The SMILES string of the molecule is CC(=Cc1ccc2c(c1)N(S(=O)(=O)c1cccc(C(F)(F)F)c1)C[C@H](CCN)O2)c1c(F)cccc1Cl.Cl. The monoisotopic (exact) mass is 590 g/mol. The van der Waals surface area contributed by atoms with Gasteiger partial charge in [-0.25, -0.2) is 12.8 Å². The van der Waals surface area contributed by atoms with Gasteiger partial charge in [-0.3, -0.25) is 4.31 Å². The molecule has 4 rings (SSSR count). The number of nitrogens with zero attached hydrogens (tertiary/aromatic N) is 1. The maximum Gasteiger partial charge on any atom is 0.416 e. The van der Waals surface area contributed by atoms with Crippen LogP contribution in [0.4, 0.5) is 23.2 Å². The molecule has 1 aliphatic heterocycles. The van der Waals surface area contributed by atoms with Crippen molar-refractivity contribution in [3.8, 4) is 5.75 Å². The van der Waals surface area contributed by atoms with Gasteiger partial charge in [0, 0.05) is 5.56 Å². The van der Waals surface area contributed by atoms with E-state index >= 15 is 0 Å². The average molecular weight is 591 g/mol. The Morgan fingerprint density at radius 2 is 1.87 bits per heavy atom. The topological polar surface area (TPSA) is 72.6 Å². The van der Waals surface area contributed by atoms with Crippen molar-refractivity contribution in [2.45, 2.75) is 30.5 Å². The van der Waals surface area contributed by atoms with Crippen LogP contribution in [0.1, 0.15) is 30.0 Å². The van der Waals surface area contributed by atoms with Gasteiger partial charge in [-0.15, -0.1) is 12.4 Å². The minimum Gasteiger partial charge on any atom is -0.486 e. The van der Waals surface area contributed by atoms with Gasteiger partial charge in [0.15, 0.2) is 0 Å². The summed E-state index contributed by atoms with van der Waals surface area (Å²) in [5.74, 6) is -0.278. The van der Waals surface area contributed by atoms with Gasteiger partial charge in [0.25, 0.3) is 10.0 Å². The number of ether oxygens (including phenoxy) is 1. The summed E-state index contributed by atoms with van der Waals surface area (Å²) in [7, 11) is -4.41. The van der Waals surface area contributed by atoms with Crippen molar-refractivity contribution in [3.63, 3.8) is 0 Å². The number of benzene rings is 3. The second kappa shape index (κ2) is 11.5. The van der Waals surface area contributed by atoms with Crippen LogP contribution in [0, 0.1) is 5.82 Å². The molecule has 0 amide bonds. The Hall–Kier alpha value is -2.79. The number of rotatable bonds is 6. The highest BCUT2D eigenvalue weighted by Gasteiger charge is 2.37. The molecule has 0 fully saturated rings. The van der Waals surface area contributed by atoms with E-state index in [0.717, 1.165) is 22.5 Å². The van der Waals surface area contributed by atoms with E-state index in [2.05, 4.69) is 0 Å². The molecule has 0 bridgehead atoms. The number of fused-ring (bicyclic) bond motifs is 1. The van der Waals surface area contributed by atoms with Gasteiger partial charge in [0.05, 0.1) is 27.7 Å². The molecule has 38 heavy (non-hydrogen) atoms. The van der Waals surface area contributed by atoms with Crippen LogP contribution in [-0.4, -0.2) is 27.6 Å². The van der Waals surface area contributed by atoms with Crippen LogP contribution in [0.15, 0.2) is 65.6 Å². The quantitative estimate of drug-likeness (QED) is 0.253. The molecule has 0 saturated heterocycles. The highest BCUT2D eigenvalue weighted by Crippen LogP contribution is 2.40. The first kappa shape index (κ1) is 29.8. The van der Waals surface area contributed by atoms with Crippen LogP contribution in [0.3, 0.4) is 0 Å². The maximum atomic E-state index is 14.4. The standard InChI is InChI=1S/C26H23ClF4N2O3S.ClH/c1-16(25-21(27)6-3-7-22(25)28)12-17-8-9-24-23(13-17)33(15-19(36-24)10-11-32)37(34,35)20-5-2-4-18(14-20)26(29,30)31;/h2-9,12-14,19H,10-11,15,32H2,1H3;1H/t19-;/m0./s1. The minimum atomic E-state index is -4.71. The van der Waals surface area contributed by atoms with Crippen molar-refractivity contribution in [1.82, 2.24) is 0 Å². The lowest BCUT2D eigenvalue weighted by Crippen LogP contribution is -2.44. The molecule has 0 aliphatic carbocycles. The van der Waals surface area contributed by atoms with Crippen LogP contribution in [0.25, 0.3) is 11.6 Å². The van der Waals surface area contributed by atoms with E-state index in [-0.39, 0.29) is 47.5 Å². The van der Waals surface area contributed by atoms with Gasteiger partial charge < -0.3 is 10.5 Å². The lowest BCUT2D eigenvalue weighted by Gasteiger charge is -2.35. The number of nitrogens with two attached hydrogens (primary N) is 1. The summed E-state index contributed by atoms with van der Waals surface area (Å²) in [5, 5.41) is 0.216. The minimum absolute atomic E-state index is 0. The smallest absolute Gasteiger partial charge is 0.416 e. The zero-order valence-corrected chi connectivity index (χ0v) is 22.4. The molecule has 3 aromatic rings. The molecule has 0 unspecified atom stereocenters. The predicted molar refractivity (Wildman–Crippen MR) is 143 cm³/mol. The molecule has 204 valence electrons. The van der Waals surface area contributed by atoms with Gasteiger partial charge in [-0.05, 0) is 73.5 Å². The normalized spacial score (nSPS) is 15.9. The Morgan fingerprint density at radius 1 is 1.16 bits per heavy atom. The molecule has 12 heteroatoms. The van der Waals surface area contributed by atoms with Gasteiger partial charge >= 0.3 is 6.18 Å². The Bertz CT molecular complexity index is 1440. The fraction of sp³-hybridized carbons (Fsp3) is 0.231. The number of hydrogen-bond donors (Lipinski definition) is 1. The number of sulfonamides is 1. The Balaban J connectivity index is 0.00000400. The van der Waals surface area contributed by atoms with E-state index in [1.807, 2.05) is 0 Å². The number of anilines is 1. The molecule has 0 spiro atoms. The summed E-state index contributed by atoms with van der Waals surface area (Å²) in [6.45, 7) is 1.74. The third kappa shape index (κ3) is 6.09. The van der Waals surface area contributed by atoms with Crippen molar-refractivity contribution < 1.29 is 30.7 Å². The number of halogens is 6. The highest BCUT2D eigenvalue weighted by atomic mass is 35.5. The molecule has 1 atom stereocenters. The Morgan fingerprint density at radius 3 is 2.53 bits per heavy atom. The molecule has 1 aliphatic rings. The Kier molecular flexibility index (Phi) is 9.03. The highest BCUT2D eigenvalue weighted by molar-refractivity contribution is 7.92. The summed E-state index contributed by atoms with van der Waals surface area (Å²) in [6, 6.07) is 12.7. The van der Waals surface area contributed by atoms with Crippen LogP contribution < -0.4 is 14.8 Å². The number of alkyl halides is 3. The maximum absolute atomic E-state index is 14.4. The van der Waals surface area contributed by atoms with Crippen LogP contribution >= 0.6 is 24.0 Å². The fourth-order valence-corrected chi connectivity index (χ4v) is 6.00. The second-order valence-corrected chi connectivity index (χ2v) is 10.8. The largest absolute Gasteiger partial charge is 0.486 e. The van der Waals surface area contributed by atoms with E-state index in [1.54, 1.807) is 31.2 Å². The Labute approximate surface area is 229 Å². The molecule has 0 saturated carbocycles. The van der Waals surface area contributed by atoms with E-state index in [0.29, 0.717) is 23.6 Å². The first-order valence-corrected chi connectivity index (χ1v) is 13.1. The van der Waals surface area contributed by atoms with E-state index < -0.39 is 38.6 Å². The van der Waals surface area contributed by atoms with Crippen molar-refractivity contribution >= 4 is 51.4 Å². The summed E-state index contributed by atoms with van der Waals surface area (Å²) in [6.07, 6.45) is -3.34. The molecular weight excluding hydrogens is 567 g/mol. The third-order valence-electron chi connectivity index (χ3n) is 5.89. The van der Waals surface area contributed by atoms with E-state index in [4.69, 9.17) is 22.1 Å². The molecule has 5 nitrogen and oxygen atoms in total. The lowest BCUT2D eigenvalue weighted by atomic mass is 10.0. The van der Waals surface area contributed by atoms with Crippen molar-refractivity contribution in [2.75, 3.05) is 17.4 Å². The summed E-state index contributed by atoms with van der Waals surface area (Å²) < 4.78 is 88.4. The summed E-state index contributed by atoms with van der Waals surface area (Å²) in [5.41, 5.74) is 5.93. The van der Waals surface area contributed by atoms with Gasteiger partial charge in [0.2, 0.25) is 0 Å². The van der Waals surface area contributed by atoms with E-state index in [1.165, 1.54) is 18.2 Å². The third-order valence-corrected chi connectivity index (χ3v) is 7.98. The average Bonchev–Trinajstić information content (AvgIpc) is 2.83. The molecule has 0 radical (unpaired) electrons. The van der Waals surface area contributed by atoms with Gasteiger partial charge in [-0.1, -0.05) is 35.9 Å². The van der Waals surface area contributed by atoms with Crippen LogP contribution in [0.2, 0.25) is 5.02 Å². The number of allylic oxidation sites excluding steroid dienone is 1. The molecule has 0 aromatic heterocycles. The zero-order chi connectivity index (χ0) is 27.0. The van der Waals surface area contributed by atoms with Gasteiger partial charge in [0.1, 0.15) is 17.7 Å².